The number of likely N-dealkylation sites (tertiary alicyclic amines) is 2. The zero-order chi connectivity index (χ0) is 17.2. The first kappa shape index (κ1) is 17.0. The normalized spacial score (nSPS) is 28.4. The lowest BCUT2D eigenvalue weighted by atomic mass is 10.0. The van der Waals surface area contributed by atoms with Crippen LogP contribution < -0.4 is 5.73 Å². The second kappa shape index (κ2) is 7.46. The zero-order valence-corrected chi connectivity index (χ0v) is 15.1. The topological polar surface area (TPSA) is 49.6 Å². The minimum atomic E-state index is 0.127. The molecule has 3 atom stereocenters. The van der Waals surface area contributed by atoms with Crippen molar-refractivity contribution in [3.8, 4) is 0 Å². The van der Waals surface area contributed by atoms with Gasteiger partial charge in [0.1, 0.15) is 0 Å². The van der Waals surface area contributed by atoms with Gasteiger partial charge in [0, 0.05) is 38.1 Å². The lowest BCUT2D eigenvalue weighted by molar-refractivity contribution is -0.134. The summed E-state index contributed by atoms with van der Waals surface area (Å²) in [5, 5.41) is 0. The molecular formula is C21H31N3O. The molecule has 0 bridgehead atoms. The monoisotopic (exact) mass is 341 g/mol. The van der Waals surface area contributed by atoms with Gasteiger partial charge in [-0.2, -0.15) is 0 Å². The van der Waals surface area contributed by atoms with E-state index in [0.717, 1.165) is 52.0 Å². The third-order valence-electron chi connectivity index (χ3n) is 6.56. The van der Waals surface area contributed by atoms with E-state index in [0.29, 0.717) is 23.7 Å². The number of fused-ring (bicyclic) bond motifs is 1. The number of benzene rings is 1. The van der Waals surface area contributed by atoms with Crippen LogP contribution >= 0.6 is 0 Å². The minimum absolute atomic E-state index is 0.127. The van der Waals surface area contributed by atoms with Crippen molar-refractivity contribution in [2.75, 3.05) is 32.7 Å². The van der Waals surface area contributed by atoms with Gasteiger partial charge < -0.3 is 15.5 Å². The summed E-state index contributed by atoms with van der Waals surface area (Å²) in [5.74, 6) is 2.14. The number of carbonyl (C=O) groups excluding carboxylic acids is 1. The molecule has 1 aliphatic carbocycles. The van der Waals surface area contributed by atoms with Gasteiger partial charge in [0.25, 0.3) is 0 Å². The quantitative estimate of drug-likeness (QED) is 0.896. The van der Waals surface area contributed by atoms with Gasteiger partial charge in [-0.25, -0.2) is 0 Å². The summed E-state index contributed by atoms with van der Waals surface area (Å²) < 4.78 is 0. The molecule has 0 spiro atoms. The van der Waals surface area contributed by atoms with Crippen LogP contribution in [-0.2, 0) is 4.79 Å². The summed E-state index contributed by atoms with van der Waals surface area (Å²) in [5.41, 5.74) is 7.57. The summed E-state index contributed by atoms with van der Waals surface area (Å²) in [6, 6.07) is 10.5. The van der Waals surface area contributed by atoms with Crippen molar-refractivity contribution in [2.24, 2.45) is 23.5 Å². The molecule has 3 fully saturated rings. The number of carbonyl (C=O) groups is 1. The van der Waals surface area contributed by atoms with Crippen molar-refractivity contribution in [1.29, 1.82) is 0 Å². The first-order valence-corrected chi connectivity index (χ1v) is 10.0. The third kappa shape index (κ3) is 3.75. The molecule has 1 aromatic carbocycles. The van der Waals surface area contributed by atoms with Crippen molar-refractivity contribution in [3.63, 3.8) is 0 Å². The van der Waals surface area contributed by atoms with Gasteiger partial charge in [-0.1, -0.05) is 43.2 Å². The van der Waals surface area contributed by atoms with Gasteiger partial charge in [0.05, 0.1) is 0 Å². The van der Waals surface area contributed by atoms with Crippen LogP contribution in [0, 0.1) is 17.8 Å². The maximum Gasteiger partial charge on any atom is 0.225 e. The molecule has 2 heterocycles. The number of hydrogen-bond acceptors (Lipinski definition) is 3. The maximum absolute atomic E-state index is 12.6. The Morgan fingerprint density at radius 1 is 1.04 bits per heavy atom. The Kier molecular flexibility index (Phi) is 5.09. The molecule has 2 unspecified atom stereocenters. The van der Waals surface area contributed by atoms with E-state index in [-0.39, 0.29) is 6.04 Å². The van der Waals surface area contributed by atoms with Crippen LogP contribution in [0.2, 0.25) is 0 Å². The van der Waals surface area contributed by atoms with E-state index in [1.54, 1.807) is 0 Å². The molecule has 2 saturated heterocycles. The molecule has 0 aromatic heterocycles. The van der Waals surface area contributed by atoms with Crippen LogP contribution in [0.15, 0.2) is 30.3 Å². The van der Waals surface area contributed by atoms with Gasteiger partial charge in [0.15, 0.2) is 0 Å². The second-order valence-corrected chi connectivity index (χ2v) is 8.31. The molecular weight excluding hydrogens is 310 g/mol. The lowest BCUT2D eigenvalue weighted by Gasteiger charge is -2.24. The predicted octanol–water partition coefficient (Wildman–Crippen LogP) is 2.66. The van der Waals surface area contributed by atoms with E-state index < -0.39 is 0 Å². The van der Waals surface area contributed by atoms with Crippen molar-refractivity contribution >= 4 is 5.91 Å². The second-order valence-electron chi connectivity index (χ2n) is 8.31. The molecule has 136 valence electrons. The van der Waals surface area contributed by atoms with Crippen LogP contribution in [0.25, 0.3) is 0 Å². The van der Waals surface area contributed by atoms with E-state index in [1.807, 2.05) is 6.07 Å². The van der Waals surface area contributed by atoms with Crippen molar-refractivity contribution in [2.45, 2.75) is 38.1 Å². The molecule has 1 aromatic rings. The van der Waals surface area contributed by atoms with Crippen molar-refractivity contribution in [1.82, 2.24) is 9.80 Å². The van der Waals surface area contributed by atoms with E-state index in [1.165, 1.54) is 18.4 Å². The highest BCUT2D eigenvalue weighted by Gasteiger charge is 2.42. The predicted molar refractivity (Wildman–Crippen MR) is 99.9 cm³/mol. The van der Waals surface area contributed by atoms with Crippen LogP contribution in [0.1, 0.15) is 43.7 Å². The Balaban J connectivity index is 1.23. The molecule has 1 saturated carbocycles. The Labute approximate surface area is 151 Å². The summed E-state index contributed by atoms with van der Waals surface area (Å²) in [6.45, 7) is 5.32. The van der Waals surface area contributed by atoms with Crippen molar-refractivity contribution in [3.05, 3.63) is 35.9 Å². The van der Waals surface area contributed by atoms with Gasteiger partial charge in [-0.15, -0.1) is 0 Å². The minimum Gasteiger partial charge on any atom is -0.342 e. The average molecular weight is 341 g/mol. The van der Waals surface area contributed by atoms with Crippen LogP contribution in [0.5, 0.6) is 0 Å². The fourth-order valence-electron chi connectivity index (χ4n) is 5.07. The highest BCUT2D eigenvalue weighted by molar-refractivity contribution is 5.79. The van der Waals surface area contributed by atoms with E-state index >= 15 is 0 Å². The van der Waals surface area contributed by atoms with Crippen LogP contribution in [0.3, 0.4) is 0 Å². The smallest absolute Gasteiger partial charge is 0.225 e. The fraction of sp³-hybridized carbons (Fsp3) is 0.667. The summed E-state index contributed by atoms with van der Waals surface area (Å²) >= 11 is 0. The Hall–Kier alpha value is -1.39. The summed E-state index contributed by atoms with van der Waals surface area (Å²) in [7, 11) is 0. The highest BCUT2D eigenvalue weighted by atomic mass is 16.2. The summed E-state index contributed by atoms with van der Waals surface area (Å²) in [6.07, 6.45) is 5.73. The molecule has 1 amide bonds. The van der Waals surface area contributed by atoms with Gasteiger partial charge in [-0.3, -0.25) is 4.79 Å². The molecule has 4 nitrogen and oxygen atoms in total. The first-order chi connectivity index (χ1) is 12.2. The van der Waals surface area contributed by atoms with Gasteiger partial charge in [-0.05, 0) is 43.2 Å². The standard InChI is InChI=1S/C21H31N3O/c22-20(16-6-2-1-3-7-16)10-11-23-12-18-14-24(15-19(18)13-23)21(25)17-8-4-5-9-17/h1-3,6-7,17-20H,4-5,8-15,22H2/t18?,19?,20-/m0/s1. The first-order valence-electron chi connectivity index (χ1n) is 10.0. The van der Waals surface area contributed by atoms with Crippen LogP contribution in [-0.4, -0.2) is 48.4 Å². The molecule has 2 N–H and O–H groups in total. The van der Waals surface area contributed by atoms with Crippen molar-refractivity contribution < 1.29 is 4.79 Å². The number of hydrogen-bond donors (Lipinski definition) is 1. The number of amides is 1. The van der Waals surface area contributed by atoms with E-state index in [2.05, 4.69) is 34.1 Å². The van der Waals surface area contributed by atoms with Crippen LogP contribution in [0.4, 0.5) is 0 Å². The van der Waals surface area contributed by atoms with Gasteiger partial charge >= 0.3 is 0 Å². The Morgan fingerprint density at radius 3 is 2.32 bits per heavy atom. The largest absolute Gasteiger partial charge is 0.342 e. The molecule has 3 aliphatic rings. The Morgan fingerprint density at radius 2 is 1.68 bits per heavy atom. The van der Waals surface area contributed by atoms with E-state index in [9.17, 15) is 4.79 Å². The SMILES string of the molecule is N[C@@H](CCN1CC2CN(C(=O)C3CCCC3)CC2C1)c1ccccc1. The Bertz CT molecular complexity index is 570. The summed E-state index contributed by atoms with van der Waals surface area (Å²) in [4.78, 5) is 17.4. The number of nitrogens with zero attached hydrogens (tertiary/aromatic N) is 2. The molecule has 0 radical (unpaired) electrons. The zero-order valence-electron chi connectivity index (χ0n) is 15.1. The van der Waals surface area contributed by atoms with Gasteiger partial charge in [0.2, 0.25) is 5.91 Å². The molecule has 4 heteroatoms. The molecule has 25 heavy (non-hydrogen) atoms. The van der Waals surface area contributed by atoms with E-state index in [4.69, 9.17) is 5.73 Å². The number of rotatable bonds is 5. The lowest BCUT2D eigenvalue weighted by Crippen LogP contribution is -2.36. The maximum atomic E-state index is 12.6. The molecule has 2 aliphatic heterocycles. The average Bonchev–Trinajstić information content (AvgIpc) is 3.35. The molecule has 4 rings (SSSR count). The number of nitrogens with two attached hydrogens (primary N) is 1. The third-order valence-corrected chi connectivity index (χ3v) is 6.56. The fourth-order valence-corrected chi connectivity index (χ4v) is 5.07. The highest BCUT2D eigenvalue weighted by Crippen LogP contribution is 2.34.